The first-order chi connectivity index (χ1) is 12.1. The van der Waals surface area contributed by atoms with Crippen molar-refractivity contribution in [2.24, 2.45) is 5.92 Å². The minimum Gasteiger partial charge on any atom is -0.454 e. The number of nitriles is 1. The van der Waals surface area contributed by atoms with E-state index < -0.39 is 0 Å². The molecular weight excluding hydrogens is 336 g/mol. The number of fused-ring (bicyclic) bond motifs is 2. The molecule has 0 fully saturated rings. The highest BCUT2D eigenvalue weighted by molar-refractivity contribution is 7.16. The molecule has 4 rings (SSSR count). The zero-order valence-corrected chi connectivity index (χ0v) is 14.7. The molecule has 1 atom stereocenters. The first-order valence-electron chi connectivity index (χ1n) is 8.37. The number of ether oxygens (including phenoxy) is 2. The maximum atomic E-state index is 12.4. The van der Waals surface area contributed by atoms with Crippen LogP contribution < -0.4 is 14.8 Å². The standard InChI is InChI=1S/C19H18N2O3S/c1-11-2-4-13-14(9-20)19(25-17(13)6-11)21-18(22)8-12-3-5-15-16(7-12)24-10-23-15/h3,5,7,11H,2,4,6,8,10H2,1H3,(H,21,22)/t11-/m1/s1. The lowest BCUT2D eigenvalue weighted by Crippen LogP contribution is -2.14. The Morgan fingerprint density at radius 1 is 1.40 bits per heavy atom. The molecule has 1 aliphatic heterocycles. The largest absolute Gasteiger partial charge is 0.454 e. The van der Waals surface area contributed by atoms with E-state index in [0.29, 0.717) is 28.0 Å². The third-order valence-corrected chi connectivity index (χ3v) is 5.85. The molecule has 2 heterocycles. The van der Waals surface area contributed by atoms with Crippen molar-refractivity contribution >= 4 is 22.2 Å². The van der Waals surface area contributed by atoms with Gasteiger partial charge in [0.15, 0.2) is 11.5 Å². The van der Waals surface area contributed by atoms with Crippen molar-refractivity contribution < 1.29 is 14.3 Å². The lowest BCUT2D eigenvalue weighted by atomic mass is 9.88. The van der Waals surface area contributed by atoms with Gasteiger partial charge in [-0.1, -0.05) is 13.0 Å². The lowest BCUT2D eigenvalue weighted by Gasteiger charge is -2.17. The Bertz CT molecular complexity index is 882. The van der Waals surface area contributed by atoms with Crippen LogP contribution in [-0.2, 0) is 24.1 Å². The van der Waals surface area contributed by atoms with Crippen LogP contribution in [0.1, 0.15) is 34.9 Å². The molecule has 0 unspecified atom stereocenters. The van der Waals surface area contributed by atoms with Gasteiger partial charge in [0.2, 0.25) is 12.7 Å². The molecule has 1 N–H and O–H groups in total. The molecule has 25 heavy (non-hydrogen) atoms. The van der Waals surface area contributed by atoms with Crippen LogP contribution in [0.4, 0.5) is 5.00 Å². The summed E-state index contributed by atoms with van der Waals surface area (Å²) in [7, 11) is 0. The topological polar surface area (TPSA) is 71.3 Å². The molecule has 1 aromatic carbocycles. The number of anilines is 1. The van der Waals surface area contributed by atoms with Crippen molar-refractivity contribution in [3.63, 3.8) is 0 Å². The average molecular weight is 354 g/mol. The zero-order valence-electron chi connectivity index (χ0n) is 13.9. The summed E-state index contributed by atoms with van der Waals surface area (Å²) in [4.78, 5) is 13.7. The molecular formula is C19H18N2O3S. The molecule has 1 amide bonds. The number of benzene rings is 1. The van der Waals surface area contributed by atoms with Crippen molar-refractivity contribution in [3.05, 3.63) is 39.8 Å². The van der Waals surface area contributed by atoms with Crippen LogP contribution in [0.25, 0.3) is 0 Å². The van der Waals surface area contributed by atoms with Crippen LogP contribution in [0, 0.1) is 17.2 Å². The fraction of sp³-hybridized carbons (Fsp3) is 0.368. The van der Waals surface area contributed by atoms with Gasteiger partial charge in [-0.2, -0.15) is 5.26 Å². The predicted octanol–water partition coefficient (Wildman–Crippen LogP) is 3.65. The number of carbonyl (C=O) groups excluding carboxylic acids is 1. The fourth-order valence-electron chi connectivity index (χ4n) is 3.36. The molecule has 2 aliphatic rings. The van der Waals surface area contributed by atoms with Crippen molar-refractivity contribution in [3.8, 4) is 17.6 Å². The second kappa shape index (κ2) is 6.41. The number of thiophene rings is 1. The molecule has 1 aromatic heterocycles. The fourth-order valence-corrected chi connectivity index (χ4v) is 4.74. The SMILES string of the molecule is C[C@@H]1CCc2c(sc(NC(=O)Cc3ccc4c(c3)OCO4)c2C#N)C1. The van der Waals surface area contributed by atoms with Crippen LogP contribution in [-0.4, -0.2) is 12.7 Å². The summed E-state index contributed by atoms with van der Waals surface area (Å²) < 4.78 is 10.6. The Labute approximate surface area is 150 Å². The van der Waals surface area contributed by atoms with Crippen molar-refractivity contribution in [2.75, 3.05) is 12.1 Å². The maximum Gasteiger partial charge on any atom is 0.231 e. The van der Waals surface area contributed by atoms with Crippen molar-refractivity contribution in [1.29, 1.82) is 5.26 Å². The molecule has 0 bridgehead atoms. The van der Waals surface area contributed by atoms with E-state index in [0.717, 1.165) is 30.4 Å². The summed E-state index contributed by atoms with van der Waals surface area (Å²) in [5.41, 5.74) is 2.63. The summed E-state index contributed by atoms with van der Waals surface area (Å²) in [6, 6.07) is 7.79. The number of rotatable bonds is 3. The highest BCUT2D eigenvalue weighted by Crippen LogP contribution is 2.39. The van der Waals surface area contributed by atoms with E-state index >= 15 is 0 Å². The smallest absolute Gasteiger partial charge is 0.231 e. The van der Waals surface area contributed by atoms with Gasteiger partial charge in [-0.05, 0) is 48.4 Å². The zero-order chi connectivity index (χ0) is 17.4. The molecule has 128 valence electrons. The second-order valence-electron chi connectivity index (χ2n) is 6.58. The lowest BCUT2D eigenvalue weighted by molar-refractivity contribution is -0.115. The highest BCUT2D eigenvalue weighted by atomic mass is 32.1. The number of nitrogens with zero attached hydrogens (tertiary/aromatic N) is 1. The molecule has 6 heteroatoms. The van der Waals surface area contributed by atoms with Gasteiger partial charge in [-0.3, -0.25) is 4.79 Å². The Morgan fingerprint density at radius 2 is 2.24 bits per heavy atom. The summed E-state index contributed by atoms with van der Waals surface area (Å²) in [6.45, 7) is 2.45. The number of carbonyl (C=O) groups is 1. The second-order valence-corrected chi connectivity index (χ2v) is 7.69. The van der Waals surface area contributed by atoms with E-state index in [2.05, 4.69) is 18.3 Å². The molecule has 5 nitrogen and oxygen atoms in total. The molecule has 1 aliphatic carbocycles. The minimum atomic E-state index is -0.123. The normalized spacial score (nSPS) is 17.7. The van der Waals surface area contributed by atoms with Crippen LogP contribution in [0.5, 0.6) is 11.5 Å². The number of hydrogen-bond donors (Lipinski definition) is 1. The summed E-state index contributed by atoms with van der Waals surface area (Å²) >= 11 is 1.55. The van der Waals surface area contributed by atoms with E-state index in [1.807, 2.05) is 18.2 Å². The number of amides is 1. The molecule has 0 saturated carbocycles. The summed E-state index contributed by atoms with van der Waals surface area (Å²) in [6.07, 6.45) is 3.25. The summed E-state index contributed by atoms with van der Waals surface area (Å²) in [5, 5.41) is 13.1. The predicted molar refractivity (Wildman–Crippen MR) is 95.1 cm³/mol. The Kier molecular flexibility index (Phi) is 4.10. The minimum absolute atomic E-state index is 0.123. The average Bonchev–Trinajstić information content (AvgIpc) is 3.17. The van der Waals surface area contributed by atoms with Gasteiger partial charge in [0.05, 0.1) is 12.0 Å². The molecule has 0 saturated heterocycles. The van der Waals surface area contributed by atoms with Gasteiger partial charge >= 0.3 is 0 Å². The Hall–Kier alpha value is -2.52. The third-order valence-electron chi connectivity index (χ3n) is 4.68. The Morgan fingerprint density at radius 3 is 3.08 bits per heavy atom. The van der Waals surface area contributed by atoms with Gasteiger partial charge in [0, 0.05) is 4.88 Å². The van der Waals surface area contributed by atoms with E-state index in [1.54, 1.807) is 11.3 Å². The highest BCUT2D eigenvalue weighted by Gasteiger charge is 2.24. The van der Waals surface area contributed by atoms with Crippen molar-refractivity contribution in [1.82, 2.24) is 0 Å². The van der Waals surface area contributed by atoms with Gasteiger partial charge in [0.1, 0.15) is 11.1 Å². The number of nitrogens with one attached hydrogen (secondary N) is 1. The quantitative estimate of drug-likeness (QED) is 0.913. The first kappa shape index (κ1) is 16.0. The van der Waals surface area contributed by atoms with Crippen LogP contribution in [0.15, 0.2) is 18.2 Å². The van der Waals surface area contributed by atoms with Gasteiger partial charge in [-0.25, -0.2) is 0 Å². The van der Waals surface area contributed by atoms with Crippen LogP contribution in [0.2, 0.25) is 0 Å². The Balaban J connectivity index is 1.50. The van der Waals surface area contributed by atoms with E-state index in [-0.39, 0.29) is 19.1 Å². The van der Waals surface area contributed by atoms with Crippen LogP contribution >= 0.6 is 11.3 Å². The van der Waals surface area contributed by atoms with Gasteiger partial charge in [0.25, 0.3) is 0 Å². The molecule has 0 spiro atoms. The molecule has 0 radical (unpaired) electrons. The van der Waals surface area contributed by atoms with Crippen LogP contribution in [0.3, 0.4) is 0 Å². The van der Waals surface area contributed by atoms with E-state index in [1.165, 1.54) is 4.88 Å². The monoisotopic (exact) mass is 354 g/mol. The first-order valence-corrected chi connectivity index (χ1v) is 9.18. The summed E-state index contributed by atoms with van der Waals surface area (Å²) in [5.74, 6) is 1.89. The van der Waals surface area contributed by atoms with E-state index in [9.17, 15) is 10.1 Å². The third kappa shape index (κ3) is 3.08. The van der Waals surface area contributed by atoms with E-state index in [4.69, 9.17) is 9.47 Å². The van der Waals surface area contributed by atoms with Gasteiger partial charge < -0.3 is 14.8 Å². The molecule has 2 aromatic rings. The number of hydrogen-bond acceptors (Lipinski definition) is 5. The maximum absolute atomic E-state index is 12.4. The van der Waals surface area contributed by atoms with Crippen molar-refractivity contribution in [2.45, 2.75) is 32.6 Å². The van der Waals surface area contributed by atoms with Gasteiger partial charge in [-0.15, -0.1) is 11.3 Å².